The van der Waals surface area contributed by atoms with Crippen LogP contribution in [0.4, 0.5) is 4.79 Å². The lowest BCUT2D eigenvalue weighted by Crippen LogP contribution is -2.49. The van der Waals surface area contributed by atoms with Crippen molar-refractivity contribution in [2.75, 3.05) is 19.6 Å². The molecule has 3 rings (SSSR count). The van der Waals surface area contributed by atoms with Gasteiger partial charge in [0.2, 0.25) is 0 Å². The molecule has 0 unspecified atom stereocenters. The number of amides is 1. The van der Waals surface area contributed by atoms with Gasteiger partial charge in [0.25, 0.3) is 0 Å². The summed E-state index contributed by atoms with van der Waals surface area (Å²) in [5, 5.41) is 23.4. The Hall–Kier alpha value is -2.41. The van der Waals surface area contributed by atoms with E-state index in [0.29, 0.717) is 19.4 Å². The van der Waals surface area contributed by atoms with E-state index in [0.717, 1.165) is 24.2 Å². The van der Waals surface area contributed by atoms with Gasteiger partial charge in [0.1, 0.15) is 12.7 Å². The van der Waals surface area contributed by atoms with E-state index in [1.54, 1.807) is 0 Å². The number of nitrogens with one attached hydrogen (secondary N) is 1. The molecule has 1 aliphatic heterocycles. The number of ether oxygens (including phenoxy) is 1. The van der Waals surface area contributed by atoms with Crippen LogP contribution in [0.2, 0.25) is 0 Å². The van der Waals surface area contributed by atoms with E-state index in [-0.39, 0.29) is 12.7 Å². The lowest BCUT2D eigenvalue weighted by atomic mass is 10.0. The molecule has 1 aliphatic rings. The molecule has 2 aromatic carbocycles. The number of benzene rings is 2. The van der Waals surface area contributed by atoms with Crippen molar-refractivity contribution < 1.29 is 19.7 Å². The fraction of sp³-hybridized carbons (Fsp3) is 0.409. The third-order valence-corrected chi connectivity index (χ3v) is 5.05. The average Bonchev–Trinajstić information content (AvgIpc) is 2.74. The summed E-state index contributed by atoms with van der Waals surface area (Å²) in [6.45, 7) is 2.14. The Kier molecular flexibility index (Phi) is 7.42. The van der Waals surface area contributed by atoms with E-state index >= 15 is 0 Å². The second-order valence-corrected chi connectivity index (χ2v) is 7.20. The van der Waals surface area contributed by atoms with Crippen LogP contribution in [-0.4, -0.2) is 53.0 Å². The highest BCUT2D eigenvalue weighted by Crippen LogP contribution is 2.19. The summed E-state index contributed by atoms with van der Waals surface area (Å²) in [6.07, 6.45) is -0.269. The van der Waals surface area contributed by atoms with Crippen LogP contribution < -0.4 is 5.32 Å². The Bertz CT molecular complexity index is 718. The predicted octanol–water partition coefficient (Wildman–Crippen LogP) is 2.47. The Morgan fingerprint density at radius 3 is 2.32 bits per heavy atom. The molecule has 2 atom stereocenters. The highest BCUT2D eigenvalue weighted by atomic mass is 16.5. The number of carbonyl (C=O) groups excluding carboxylic acids is 1. The van der Waals surface area contributed by atoms with Crippen LogP contribution in [0.1, 0.15) is 30.1 Å². The minimum atomic E-state index is -0.850. The molecular weight excluding hydrogens is 356 g/mol. The molecule has 2 aromatic rings. The van der Waals surface area contributed by atoms with Crippen LogP contribution in [0.3, 0.4) is 0 Å². The van der Waals surface area contributed by atoms with Gasteiger partial charge < -0.3 is 25.2 Å². The maximum atomic E-state index is 12.4. The molecule has 0 spiro atoms. The number of piperidine rings is 1. The summed E-state index contributed by atoms with van der Waals surface area (Å²) < 4.78 is 5.33. The Morgan fingerprint density at radius 1 is 1.07 bits per heavy atom. The second-order valence-electron chi connectivity index (χ2n) is 7.20. The topological polar surface area (TPSA) is 82.0 Å². The summed E-state index contributed by atoms with van der Waals surface area (Å²) in [6, 6.07) is 18.3. The van der Waals surface area contributed by atoms with Crippen LogP contribution in [0.15, 0.2) is 60.7 Å². The fourth-order valence-electron chi connectivity index (χ4n) is 3.40. The summed E-state index contributed by atoms with van der Waals surface area (Å²) in [5.74, 6) is 0. The molecule has 6 heteroatoms. The lowest BCUT2D eigenvalue weighted by molar-refractivity contribution is 0.0521. The third kappa shape index (κ3) is 6.05. The van der Waals surface area contributed by atoms with Gasteiger partial charge in [-0.3, -0.25) is 0 Å². The van der Waals surface area contributed by atoms with Gasteiger partial charge in [-0.2, -0.15) is 0 Å². The number of hydrogen-bond donors (Lipinski definition) is 3. The van der Waals surface area contributed by atoms with Crippen molar-refractivity contribution in [1.29, 1.82) is 0 Å². The largest absolute Gasteiger partial charge is 0.445 e. The van der Waals surface area contributed by atoms with Gasteiger partial charge in [0, 0.05) is 19.6 Å². The number of nitrogens with zero attached hydrogens (tertiary/aromatic N) is 1. The molecule has 150 valence electrons. The number of aliphatic hydroxyl groups is 2. The maximum absolute atomic E-state index is 12.4. The van der Waals surface area contributed by atoms with Gasteiger partial charge in [0.05, 0.1) is 12.1 Å². The zero-order valence-corrected chi connectivity index (χ0v) is 15.9. The first kappa shape index (κ1) is 20.3. The molecule has 6 nitrogen and oxygen atoms in total. The molecule has 0 radical (unpaired) electrons. The van der Waals surface area contributed by atoms with Crippen LogP contribution in [0.25, 0.3) is 0 Å². The standard InChI is InChI=1S/C22H28N2O4/c25-19-11-13-24(14-12-19)15-20(21(26)18-9-5-2-6-10-18)23-22(27)28-16-17-7-3-1-4-8-17/h1-10,19-21,25-26H,11-16H2,(H,23,27)/t20-,21+/m0/s1. The fourth-order valence-corrected chi connectivity index (χ4v) is 3.40. The number of alkyl carbamates (subject to hydrolysis) is 1. The highest BCUT2D eigenvalue weighted by molar-refractivity contribution is 5.67. The van der Waals surface area contributed by atoms with E-state index in [4.69, 9.17) is 4.74 Å². The van der Waals surface area contributed by atoms with E-state index in [1.807, 2.05) is 60.7 Å². The number of carbonyl (C=O) groups is 1. The van der Waals surface area contributed by atoms with Crippen LogP contribution in [0, 0.1) is 0 Å². The molecule has 3 N–H and O–H groups in total. The van der Waals surface area contributed by atoms with E-state index < -0.39 is 18.2 Å². The van der Waals surface area contributed by atoms with Crippen LogP contribution in [0.5, 0.6) is 0 Å². The van der Waals surface area contributed by atoms with E-state index in [1.165, 1.54) is 0 Å². The molecule has 0 bridgehead atoms. The molecule has 28 heavy (non-hydrogen) atoms. The van der Waals surface area contributed by atoms with Gasteiger partial charge in [-0.1, -0.05) is 60.7 Å². The predicted molar refractivity (Wildman–Crippen MR) is 107 cm³/mol. The quantitative estimate of drug-likeness (QED) is 0.683. The number of rotatable bonds is 7. The van der Waals surface area contributed by atoms with Crippen LogP contribution >= 0.6 is 0 Å². The van der Waals surface area contributed by atoms with Crippen LogP contribution in [-0.2, 0) is 11.3 Å². The molecular formula is C22H28N2O4. The monoisotopic (exact) mass is 384 g/mol. The number of likely N-dealkylation sites (tertiary alicyclic amines) is 1. The van der Waals surface area contributed by atoms with Crippen molar-refractivity contribution in [2.24, 2.45) is 0 Å². The van der Waals surface area contributed by atoms with Gasteiger partial charge in [-0.25, -0.2) is 4.79 Å². The SMILES string of the molecule is O=C(N[C@@H](CN1CCC(O)CC1)[C@H](O)c1ccccc1)OCc1ccccc1. The Labute approximate surface area is 165 Å². The summed E-state index contributed by atoms with van der Waals surface area (Å²) in [5.41, 5.74) is 1.65. The first-order valence-corrected chi connectivity index (χ1v) is 9.72. The van der Waals surface area contributed by atoms with Gasteiger partial charge in [-0.15, -0.1) is 0 Å². The van der Waals surface area contributed by atoms with Crippen molar-refractivity contribution >= 4 is 6.09 Å². The number of hydrogen-bond acceptors (Lipinski definition) is 5. The van der Waals surface area contributed by atoms with Crippen molar-refractivity contribution in [3.8, 4) is 0 Å². The minimum Gasteiger partial charge on any atom is -0.445 e. The van der Waals surface area contributed by atoms with E-state index in [2.05, 4.69) is 10.2 Å². The molecule has 1 saturated heterocycles. The molecule has 0 aliphatic carbocycles. The minimum absolute atomic E-state index is 0.177. The van der Waals surface area contributed by atoms with Crippen molar-refractivity contribution in [1.82, 2.24) is 10.2 Å². The van der Waals surface area contributed by atoms with Gasteiger partial charge in [0.15, 0.2) is 0 Å². The smallest absolute Gasteiger partial charge is 0.407 e. The molecule has 1 amide bonds. The van der Waals surface area contributed by atoms with Gasteiger partial charge in [-0.05, 0) is 24.0 Å². The summed E-state index contributed by atoms with van der Waals surface area (Å²) in [7, 11) is 0. The second kappa shape index (κ2) is 10.2. The maximum Gasteiger partial charge on any atom is 0.407 e. The normalized spacial score (nSPS) is 17.6. The zero-order valence-electron chi connectivity index (χ0n) is 15.9. The van der Waals surface area contributed by atoms with Crippen molar-refractivity contribution in [3.05, 3.63) is 71.8 Å². The molecule has 0 aromatic heterocycles. The average molecular weight is 384 g/mol. The Balaban J connectivity index is 1.62. The third-order valence-electron chi connectivity index (χ3n) is 5.05. The molecule has 1 heterocycles. The molecule has 0 saturated carbocycles. The number of aliphatic hydroxyl groups excluding tert-OH is 2. The Morgan fingerprint density at radius 2 is 1.68 bits per heavy atom. The first-order valence-electron chi connectivity index (χ1n) is 9.72. The van der Waals surface area contributed by atoms with Gasteiger partial charge >= 0.3 is 6.09 Å². The zero-order chi connectivity index (χ0) is 19.8. The highest BCUT2D eigenvalue weighted by Gasteiger charge is 2.27. The lowest BCUT2D eigenvalue weighted by Gasteiger charge is -2.34. The molecule has 1 fully saturated rings. The summed E-state index contributed by atoms with van der Waals surface area (Å²) in [4.78, 5) is 14.5. The first-order chi connectivity index (χ1) is 13.6. The van der Waals surface area contributed by atoms with E-state index in [9.17, 15) is 15.0 Å². The summed E-state index contributed by atoms with van der Waals surface area (Å²) >= 11 is 0. The van der Waals surface area contributed by atoms with Crippen molar-refractivity contribution in [3.63, 3.8) is 0 Å². The van der Waals surface area contributed by atoms with Crippen molar-refractivity contribution in [2.45, 2.75) is 37.7 Å².